The van der Waals surface area contributed by atoms with Crippen LogP contribution in [0.25, 0.3) is 0 Å². The molecule has 2 aromatic rings. The Kier molecular flexibility index (Phi) is 3.46. The van der Waals surface area contributed by atoms with E-state index in [-0.39, 0.29) is 10.7 Å². The zero-order valence-corrected chi connectivity index (χ0v) is 12.1. The number of benzene rings is 1. The lowest BCUT2D eigenvalue weighted by molar-refractivity contribution is 0.297. The molecule has 0 spiro atoms. The third-order valence-electron chi connectivity index (χ3n) is 2.90. The van der Waals surface area contributed by atoms with E-state index in [0.29, 0.717) is 30.5 Å². The monoisotopic (exact) mass is 310 g/mol. The topological polar surface area (TPSA) is 90.7 Å². The van der Waals surface area contributed by atoms with E-state index in [1.54, 1.807) is 13.0 Å². The van der Waals surface area contributed by atoms with Gasteiger partial charge in [0.15, 0.2) is 17.3 Å². The van der Waals surface area contributed by atoms with Crippen molar-refractivity contribution in [3.05, 3.63) is 30.0 Å². The predicted octanol–water partition coefficient (Wildman–Crippen LogP) is 1.95. The van der Waals surface area contributed by atoms with Crippen LogP contribution in [0.15, 0.2) is 33.7 Å². The summed E-state index contributed by atoms with van der Waals surface area (Å²) in [5, 5.41) is 3.61. The first kappa shape index (κ1) is 13.7. The second kappa shape index (κ2) is 5.28. The van der Waals surface area contributed by atoms with Gasteiger partial charge < -0.3 is 14.0 Å². The third kappa shape index (κ3) is 2.94. The Balaban J connectivity index is 1.90. The van der Waals surface area contributed by atoms with Crippen molar-refractivity contribution in [2.24, 2.45) is 0 Å². The van der Waals surface area contributed by atoms with Crippen LogP contribution >= 0.6 is 0 Å². The standard InChI is InChI=1S/C13H14N2O5S/c1-9-7-13(14-20-9)15-21(16,17)10-3-4-11-12(8-10)19-6-2-5-18-11/h3-4,7-8H,2,5-6H2,1H3,(H,14,15). The molecular formula is C13H14N2O5S. The maximum atomic E-state index is 12.3. The number of hydrogen-bond donors (Lipinski definition) is 1. The van der Waals surface area contributed by atoms with E-state index in [0.717, 1.165) is 6.42 Å². The molecule has 1 aromatic heterocycles. The summed E-state index contributed by atoms with van der Waals surface area (Å²) in [6.45, 7) is 2.72. The van der Waals surface area contributed by atoms with Crippen molar-refractivity contribution in [2.75, 3.05) is 17.9 Å². The van der Waals surface area contributed by atoms with Crippen LogP contribution in [0, 0.1) is 6.92 Å². The average Bonchev–Trinajstić information content (AvgIpc) is 2.72. The Morgan fingerprint density at radius 3 is 2.62 bits per heavy atom. The van der Waals surface area contributed by atoms with Crippen LogP contribution < -0.4 is 14.2 Å². The van der Waals surface area contributed by atoms with Gasteiger partial charge in [0.25, 0.3) is 10.0 Å². The van der Waals surface area contributed by atoms with Crippen molar-refractivity contribution in [3.8, 4) is 11.5 Å². The molecule has 0 fully saturated rings. The number of rotatable bonds is 3. The van der Waals surface area contributed by atoms with Gasteiger partial charge in [-0.25, -0.2) is 8.42 Å². The van der Waals surface area contributed by atoms with Crippen molar-refractivity contribution in [3.63, 3.8) is 0 Å². The highest BCUT2D eigenvalue weighted by molar-refractivity contribution is 7.92. The van der Waals surface area contributed by atoms with Gasteiger partial charge >= 0.3 is 0 Å². The van der Waals surface area contributed by atoms with Gasteiger partial charge in [-0.15, -0.1) is 0 Å². The molecule has 8 heteroatoms. The smallest absolute Gasteiger partial charge is 0.263 e. The molecule has 0 amide bonds. The molecular weight excluding hydrogens is 296 g/mol. The number of anilines is 1. The van der Waals surface area contributed by atoms with Gasteiger partial charge in [0.2, 0.25) is 0 Å². The summed E-state index contributed by atoms with van der Waals surface area (Å²) in [5.41, 5.74) is 0. The number of fused-ring (bicyclic) bond motifs is 1. The maximum absolute atomic E-state index is 12.3. The van der Waals surface area contributed by atoms with E-state index >= 15 is 0 Å². The third-order valence-corrected chi connectivity index (χ3v) is 4.25. The molecule has 3 rings (SSSR count). The number of aromatic nitrogens is 1. The van der Waals surface area contributed by atoms with Crippen LogP contribution in [-0.4, -0.2) is 26.8 Å². The van der Waals surface area contributed by atoms with Gasteiger partial charge in [-0.2, -0.15) is 0 Å². The summed E-state index contributed by atoms with van der Waals surface area (Å²) in [6.07, 6.45) is 0.757. The zero-order valence-electron chi connectivity index (χ0n) is 11.3. The van der Waals surface area contributed by atoms with Crippen molar-refractivity contribution in [1.29, 1.82) is 0 Å². The minimum absolute atomic E-state index is 0.0763. The van der Waals surface area contributed by atoms with Gasteiger partial charge in [0, 0.05) is 18.6 Å². The van der Waals surface area contributed by atoms with E-state index in [4.69, 9.17) is 14.0 Å². The van der Waals surface area contributed by atoms with Crippen LogP contribution in [0.3, 0.4) is 0 Å². The summed E-state index contributed by atoms with van der Waals surface area (Å²) in [7, 11) is -3.75. The average molecular weight is 310 g/mol. The van der Waals surface area contributed by atoms with E-state index in [9.17, 15) is 8.42 Å². The maximum Gasteiger partial charge on any atom is 0.263 e. The summed E-state index contributed by atoms with van der Waals surface area (Å²) in [5.74, 6) is 1.63. The lowest BCUT2D eigenvalue weighted by Crippen LogP contribution is -2.13. The van der Waals surface area contributed by atoms with Crippen LogP contribution in [-0.2, 0) is 10.0 Å². The molecule has 2 heterocycles. The summed E-state index contributed by atoms with van der Waals surface area (Å²) >= 11 is 0. The highest BCUT2D eigenvalue weighted by atomic mass is 32.2. The van der Waals surface area contributed by atoms with Gasteiger partial charge in [-0.3, -0.25) is 4.72 Å². The molecule has 0 radical (unpaired) electrons. The molecule has 1 N–H and O–H groups in total. The van der Waals surface area contributed by atoms with Crippen molar-refractivity contribution < 1.29 is 22.4 Å². The minimum Gasteiger partial charge on any atom is -0.490 e. The van der Waals surface area contributed by atoms with Gasteiger partial charge in [-0.05, 0) is 19.1 Å². The molecule has 21 heavy (non-hydrogen) atoms. The largest absolute Gasteiger partial charge is 0.490 e. The molecule has 1 aromatic carbocycles. The molecule has 0 saturated heterocycles. The molecule has 112 valence electrons. The normalized spacial score (nSPS) is 14.5. The molecule has 0 atom stereocenters. The fraction of sp³-hybridized carbons (Fsp3) is 0.308. The van der Waals surface area contributed by atoms with E-state index < -0.39 is 10.0 Å². The summed E-state index contributed by atoms with van der Waals surface area (Å²) in [4.78, 5) is 0.0763. The van der Waals surface area contributed by atoms with E-state index in [1.807, 2.05) is 0 Å². The Hall–Kier alpha value is -2.22. The molecule has 1 aliphatic heterocycles. The second-order valence-corrected chi connectivity index (χ2v) is 6.27. The van der Waals surface area contributed by atoms with Crippen molar-refractivity contribution in [2.45, 2.75) is 18.2 Å². The first-order valence-electron chi connectivity index (χ1n) is 6.40. The lowest BCUT2D eigenvalue weighted by atomic mass is 10.3. The molecule has 0 aliphatic carbocycles. The molecule has 1 aliphatic rings. The molecule has 7 nitrogen and oxygen atoms in total. The molecule has 0 bridgehead atoms. The number of nitrogens with zero attached hydrogens (tertiary/aromatic N) is 1. The SMILES string of the molecule is Cc1cc(NS(=O)(=O)c2ccc3c(c2)OCCCO3)no1. The first-order valence-corrected chi connectivity index (χ1v) is 7.89. The highest BCUT2D eigenvalue weighted by Gasteiger charge is 2.20. The van der Waals surface area contributed by atoms with Gasteiger partial charge in [0.05, 0.1) is 18.1 Å². The van der Waals surface area contributed by atoms with Crippen LogP contribution in [0.4, 0.5) is 5.82 Å². The zero-order chi connectivity index (χ0) is 14.9. The summed E-state index contributed by atoms with van der Waals surface area (Å²) in [6, 6.07) is 5.99. The second-order valence-electron chi connectivity index (χ2n) is 4.59. The quantitative estimate of drug-likeness (QED) is 0.931. The van der Waals surface area contributed by atoms with Gasteiger partial charge in [-0.1, -0.05) is 5.16 Å². The fourth-order valence-electron chi connectivity index (χ4n) is 1.92. The fourth-order valence-corrected chi connectivity index (χ4v) is 2.92. The van der Waals surface area contributed by atoms with Crippen LogP contribution in [0.2, 0.25) is 0 Å². The summed E-state index contributed by atoms with van der Waals surface area (Å²) < 4.78 is 42.7. The van der Waals surface area contributed by atoms with E-state index in [1.165, 1.54) is 18.2 Å². The van der Waals surface area contributed by atoms with Crippen molar-refractivity contribution >= 4 is 15.8 Å². The number of nitrogens with one attached hydrogen (secondary N) is 1. The number of hydrogen-bond acceptors (Lipinski definition) is 6. The molecule has 0 saturated carbocycles. The van der Waals surface area contributed by atoms with Crippen LogP contribution in [0.1, 0.15) is 12.2 Å². The first-order chi connectivity index (χ1) is 10.0. The predicted molar refractivity (Wildman–Crippen MR) is 74.1 cm³/mol. The van der Waals surface area contributed by atoms with Gasteiger partial charge in [0.1, 0.15) is 5.76 Å². The Morgan fingerprint density at radius 2 is 1.90 bits per heavy atom. The number of sulfonamides is 1. The lowest BCUT2D eigenvalue weighted by Gasteiger charge is -2.10. The Labute approximate surface area is 121 Å². The number of ether oxygens (including phenoxy) is 2. The van der Waals surface area contributed by atoms with Crippen molar-refractivity contribution in [1.82, 2.24) is 5.16 Å². The number of aryl methyl sites for hydroxylation is 1. The van der Waals surface area contributed by atoms with Crippen LogP contribution in [0.5, 0.6) is 11.5 Å². The Morgan fingerprint density at radius 1 is 1.14 bits per heavy atom. The van der Waals surface area contributed by atoms with E-state index in [2.05, 4.69) is 9.88 Å². The molecule has 0 unspecified atom stereocenters. The Bertz CT molecular complexity index is 754. The minimum atomic E-state index is -3.75. The highest BCUT2D eigenvalue weighted by Crippen LogP contribution is 2.32.